The summed E-state index contributed by atoms with van der Waals surface area (Å²) < 4.78 is 11.9. The highest BCUT2D eigenvalue weighted by Crippen LogP contribution is 2.32. The standard InChI is InChI=1S/C26H27ClO3/c1-17(2)14-23-24(16-22(29-23)15-19-8-6-5-7-9-19)30-26(28)25(18(3)4)20-10-12-21(27)13-11-20/h5-13,16,18,25H,1,14-15H2,2-4H3. The van der Waals surface area contributed by atoms with E-state index in [0.717, 1.165) is 22.5 Å². The lowest BCUT2D eigenvalue weighted by Crippen LogP contribution is -2.23. The van der Waals surface area contributed by atoms with Gasteiger partial charge in [0.25, 0.3) is 0 Å². The smallest absolute Gasteiger partial charge is 0.319 e. The molecule has 0 spiro atoms. The van der Waals surface area contributed by atoms with E-state index in [1.807, 2.05) is 69.3 Å². The highest BCUT2D eigenvalue weighted by molar-refractivity contribution is 6.30. The molecule has 1 unspecified atom stereocenters. The third-order valence-corrected chi connectivity index (χ3v) is 5.12. The van der Waals surface area contributed by atoms with Crippen LogP contribution in [0.1, 0.15) is 49.3 Å². The zero-order chi connectivity index (χ0) is 21.7. The van der Waals surface area contributed by atoms with E-state index in [4.69, 9.17) is 20.8 Å². The average molecular weight is 423 g/mol. The monoisotopic (exact) mass is 422 g/mol. The number of furan rings is 1. The number of hydrogen-bond acceptors (Lipinski definition) is 3. The van der Waals surface area contributed by atoms with Crippen LogP contribution in [0.25, 0.3) is 0 Å². The van der Waals surface area contributed by atoms with Crippen molar-refractivity contribution in [2.24, 2.45) is 5.92 Å². The Morgan fingerprint density at radius 1 is 1.10 bits per heavy atom. The molecule has 3 aromatic rings. The lowest BCUT2D eigenvalue weighted by Gasteiger charge is -2.19. The molecule has 0 aliphatic carbocycles. The molecule has 0 bridgehead atoms. The van der Waals surface area contributed by atoms with Crippen LogP contribution in [0.15, 0.2) is 77.2 Å². The van der Waals surface area contributed by atoms with E-state index in [1.165, 1.54) is 0 Å². The Balaban J connectivity index is 1.86. The Hall–Kier alpha value is -2.78. The number of allylic oxidation sites excluding steroid dienone is 1. The summed E-state index contributed by atoms with van der Waals surface area (Å²) in [4.78, 5) is 13.1. The van der Waals surface area contributed by atoms with E-state index in [9.17, 15) is 4.79 Å². The van der Waals surface area contributed by atoms with Gasteiger partial charge in [-0.05, 0) is 36.1 Å². The Labute approximate surface area is 183 Å². The predicted molar refractivity (Wildman–Crippen MR) is 121 cm³/mol. The molecule has 1 aromatic heterocycles. The Kier molecular flexibility index (Phi) is 7.17. The van der Waals surface area contributed by atoms with Gasteiger partial charge < -0.3 is 9.15 Å². The fourth-order valence-electron chi connectivity index (χ4n) is 3.47. The summed E-state index contributed by atoms with van der Waals surface area (Å²) in [6.07, 6.45) is 1.15. The van der Waals surface area contributed by atoms with Crippen LogP contribution in [0, 0.1) is 5.92 Å². The molecular weight excluding hydrogens is 396 g/mol. The molecule has 0 N–H and O–H groups in total. The second-order valence-corrected chi connectivity index (χ2v) is 8.43. The lowest BCUT2D eigenvalue weighted by molar-refractivity contribution is -0.137. The van der Waals surface area contributed by atoms with Gasteiger partial charge in [-0.2, -0.15) is 0 Å². The maximum Gasteiger partial charge on any atom is 0.319 e. The van der Waals surface area contributed by atoms with Gasteiger partial charge in [-0.3, -0.25) is 4.79 Å². The summed E-state index contributed by atoms with van der Waals surface area (Å²) in [6.45, 7) is 9.91. The first-order valence-corrected chi connectivity index (χ1v) is 10.5. The largest absolute Gasteiger partial charge is 0.461 e. The fourth-order valence-corrected chi connectivity index (χ4v) is 3.59. The van der Waals surface area contributed by atoms with Gasteiger partial charge >= 0.3 is 5.97 Å². The van der Waals surface area contributed by atoms with Crippen molar-refractivity contribution in [3.63, 3.8) is 0 Å². The molecule has 4 heteroatoms. The topological polar surface area (TPSA) is 39.4 Å². The van der Waals surface area contributed by atoms with Crippen molar-refractivity contribution in [3.05, 3.63) is 100 Å². The van der Waals surface area contributed by atoms with Gasteiger partial charge in [0.1, 0.15) is 5.76 Å². The van der Waals surface area contributed by atoms with Crippen LogP contribution in [-0.2, 0) is 17.6 Å². The van der Waals surface area contributed by atoms with Gasteiger partial charge in [0, 0.05) is 23.9 Å². The van der Waals surface area contributed by atoms with Crippen LogP contribution in [-0.4, -0.2) is 5.97 Å². The summed E-state index contributed by atoms with van der Waals surface area (Å²) in [5.74, 6) is 1.22. The zero-order valence-corrected chi connectivity index (χ0v) is 18.4. The van der Waals surface area contributed by atoms with Crippen molar-refractivity contribution in [2.45, 2.75) is 39.5 Å². The first-order chi connectivity index (χ1) is 14.3. The van der Waals surface area contributed by atoms with Gasteiger partial charge in [-0.25, -0.2) is 0 Å². The van der Waals surface area contributed by atoms with Crippen LogP contribution >= 0.6 is 11.6 Å². The zero-order valence-electron chi connectivity index (χ0n) is 17.7. The van der Waals surface area contributed by atoms with Gasteiger partial charge in [-0.1, -0.05) is 80.1 Å². The first kappa shape index (κ1) is 21.9. The predicted octanol–water partition coefficient (Wildman–Crippen LogP) is 6.99. The number of carbonyl (C=O) groups excluding carboxylic acids is 1. The Morgan fingerprint density at radius 2 is 1.77 bits per heavy atom. The molecule has 0 amide bonds. The molecular formula is C26H27ClO3. The minimum Gasteiger partial charge on any atom is -0.461 e. The van der Waals surface area contributed by atoms with Crippen LogP contribution < -0.4 is 4.74 Å². The average Bonchev–Trinajstić information content (AvgIpc) is 3.04. The maximum absolute atomic E-state index is 13.1. The molecule has 156 valence electrons. The molecule has 0 fully saturated rings. The normalized spacial score (nSPS) is 12.0. The molecule has 3 nitrogen and oxygen atoms in total. The number of benzene rings is 2. The molecule has 0 radical (unpaired) electrons. The van der Waals surface area contributed by atoms with E-state index in [-0.39, 0.29) is 11.9 Å². The minimum atomic E-state index is -0.396. The SMILES string of the molecule is C=C(C)Cc1oc(Cc2ccccc2)cc1OC(=O)C(c1ccc(Cl)cc1)C(C)C. The van der Waals surface area contributed by atoms with Crippen molar-refractivity contribution in [2.75, 3.05) is 0 Å². The molecule has 0 aliphatic rings. The van der Waals surface area contributed by atoms with E-state index in [1.54, 1.807) is 12.1 Å². The van der Waals surface area contributed by atoms with Crippen LogP contribution in [0.3, 0.4) is 0 Å². The Morgan fingerprint density at radius 3 is 2.37 bits per heavy atom. The summed E-state index contributed by atoms with van der Waals surface area (Å²) in [5, 5.41) is 0.638. The van der Waals surface area contributed by atoms with E-state index >= 15 is 0 Å². The van der Waals surface area contributed by atoms with Gasteiger partial charge in [0.15, 0.2) is 11.5 Å². The molecule has 2 aromatic carbocycles. The molecule has 30 heavy (non-hydrogen) atoms. The number of rotatable bonds is 8. The molecule has 3 rings (SSSR count). The first-order valence-electron chi connectivity index (χ1n) is 10.1. The number of halogens is 1. The fraction of sp³-hybridized carbons (Fsp3) is 0.269. The number of esters is 1. The van der Waals surface area contributed by atoms with Gasteiger partial charge in [-0.15, -0.1) is 0 Å². The van der Waals surface area contributed by atoms with Gasteiger partial charge in [0.05, 0.1) is 5.92 Å². The third-order valence-electron chi connectivity index (χ3n) is 4.86. The summed E-state index contributed by atoms with van der Waals surface area (Å²) in [5.41, 5.74) is 2.95. The van der Waals surface area contributed by atoms with E-state index in [0.29, 0.717) is 29.4 Å². The second kappa shape index (κ2) is 9.82. The van der Waals surface area contributed by atoms with E-state index in [2.05, 4.69) is 6.58 Å². The third kappa shape index (κ3) is 5.64. The molecule has 1 atom stereocenters. The van der Waals surface area contributed by atoms with Crippen molar-refractivity contribution < 1.29 is 13.9 Å². The van der Waals surface area contributed by atoms with Crippen molar-refractivity contribution in [1.82, 2.24) is 0 Å². The molecule has 1 heterocycles. The highest BCUT2D eigenvalue weighted by Gasteiger charge is 2.28. The Bertz CT molecular complexity index is 1000. The number of ether oxygens (including phenoxy) is 1. The number of hydrogen-bond donors (Lipinski definition) is 0. The van der Waals surface area contributed by atoms with Crippen LogP contribution in [0.4, 0.5) is 0 Å². The summed E-state index contributed by atoms with van der Waals surface area (Å²) in [7, 11) is 0. The van der Waals surface area contributed by atoms with Crippen molar-refractivity contribution >= 4 is 17.6 Å². The minimum absolute atomic E-state index is 0.0685. The summed E-state index contributed by atoms with van der Waals surface area (Å²) >= 11 is 6.01. The molecule has 0 saturated heterocycles. The lowest BCUT2D eigenvalue weighted by atomic mass is 9.88. The van der Waals surface area contributed by atoms with Gasteiger partial charge in [0.2, 0.25) is 0 Å². The maximum atomic E-state index is 13.1. The quantitative estimate of drug-likeness (QED) is 0.290. The molecule has 0 saturated carbocycles. The van der Waals surface area contributed by atoms with Crippen LogP contribution in [0.2, 0.25) is 5.02 Å². The van der Waals surface area contributed by atoms with Crippen molar-refractivity contribution in [1.29, 1.82) is 0 Å². The van der Waals surface area contributed by atoms with Crippen LogP contribution in [0.5, 0.6) is 5.75 Å². The second-order valence-electron chi connectivity index (χ2n) is 7.99. The number of carbonyl (C=O) groups is 1. The molecule has 0 aliphatic heterocycles. The van der Waals surface area contributed by atoms with Crippen molar-refractivity contribution in [3.8, 4) is 5.75 Å². The summed E-state index contributed by atoms with van der Waals surface area (Å²) in [6, 6.07) is 19.2. The van der Waals surface area contributed by atoms with E-state index < -0.39 is 5.92 Å². The highest BCUT2D eigenvalue weighted by atomic mass is 35.5.